The van der Waals surface area contributed by atoms with E-state index < -0.39 is 0 Å². The molecule has 1 fully saturated rings. The summed E-state index contributed by atoms with van der Waals surface area (Å²) >= 11 is 1.45. The molecule has 1 aromatic carbocycles. The van der Waals surface area contributed by atoms with Crippen LogP contribution in [0.4, 0.5) is 4.39 Å². The Morgan fingerprint density at radius 3 is 2.87 bits per heavy atom. The molecule has 1 amide bonds. The van der Waals surface area contributed by atoms with Crippen LogP contribution in [0.15, 0.2) is 24.3 Å². The zero-order chi connectivity index (χ0) is 16.4. The molecule has 0 spiro atoms. The van der Waals surface area contributed by atoms with E-state index in [2.05, 4.69) is 17.2 Å². The summed E-state index contributed by atoms with van der Waals surface area (Å²) in [7, 11) is 0. The van der Waals surface area contributed by atoms with Gasteiger partial charge in [-0.3, -0.25) is 4.79 Å². The maximum absolute atomic E-state index is 13.0. The Bertz CT molecular complexity index is 698. The van der Waals surface area contributed by atoms with Crippen LogP contribution in [0.2, 0.25) is 0 Å². The number of halogens is 1. The second-order valence-corrected chi connectivity index (χ2v) is 6.96. The first-order valence-corrected chi connectivity index (χ1v) is 8.58. The summed E-state index contributed by atoms with van der Waals surface area (Å²) in [5.74, 6) is -0.174. The van der Waals surface area contributed by atoms with Crippen LogP contribution in [-0.4, -0.2) is 41.5 Å². The topological polar surface area (TPSA) is 45.2 Å². The summed E-state index contributed by atoms with van der Waals surface area (Å²) in [6.07, 6.45) is 0.621. The minimum atomic E-state index is -0.243. The van der Waals surface area contributed by atoms with Gasteiger partial charge in [-0.2, -0.15) is 0 Å². The molecule has 1 saturated heterocycles. The molecule has 1 aliphatic heterocycles. The molecule has 1 atom stereocenters. The Kier molecular flexibility index (Phi) is 4.73. The number of rotatable bonds is 3. The smallest absolute Gasteiger partial charge is 0.266 e. The van der Waals surface area contributed by atoms with E-state index in [1.807, 2.05) is 11.8 Å². The monoisotopic (exact) mass is 333 g/mol. The average Bonchev–Trinajstić information content (AvgIpc) is 2.90. The van der Waals surface area contributed by atoms with Crippen LogP contribution in [0.5, 0.6) is 0 Å². The van der Waals surface area contributed by atoms with Gasteiger partial charge >= 0.3 is 0 Å². The Morgan fingerprint density at radius 2 is 2.17 bits per heavy atom. The first-order chi connectivity index (χ1) is 11.0. The zero-order valence-corrected chi connectivity index (χ0v) is 14.1. The van der Waals surface area contributed by atoms with Crippen molar-refractivity contribution in [1.29, 1.82) is 0 Å². The molecule has 2 heterocycles. The summed E-state index contributed by atoms with van der Waals surface area (Å²) in [5.41, 5.74) is 1.78. The van der Waals surface area contributed by atoms with Crippen LogP contribution in [0.25, 0.3) is 0 Å². The molecule has 3 rings (SSSR count). The standard InChI is InChI=1S/C17H20FN3OS/c1-11-10-19-7-8-21(11)17(22)16-12(2)20-15(23-16)9-13-3-5-14(18)6-4-13/h3-6,11,19H,7-10H2,1-2H3. The molecule has 23 heavy (non-hydrogen) atoms. The van der Waals surface area contributed by atoms with Gasteiger partial charge in [0.2, 0.25) is 0 Å². The van der Waals surface area contributed by atoms with Crippen molar-refractivity contribution in [3.8, 4) is 0 Å². The van der Waals surface area contributed by atoms with Gasteiger partial charge in [-0.1, -0.05) is 12.1 Å². The van der Waals surface area contributed by atoms with E-state index in [1.165, 1.54) is 23.5 Å². The molecule has 0 bridgehead atoms. The van der Waals surface area contributed by atoms with E-state index in [0.717, 1.165) is 40.8 Å². The molecule has 0 radical (unpaired) electrons. The quantitative estimate of drug-likeness (QED) is 0.939. The van der Waals surface area contributed by atoms with Crippen molar-refractivity contribution in [3.63, 3.8) is 0 Å². The van der Waals surface area contributed by atoms with Crippen molar-refractivity contribution in [2.24, 2.45) is 0 Å². The number of carbonyl (C=O) groups excluding carboxylic acids is 1. The van der Waals surface area contributed by atoms with Gasteiger partial charge < -0.3 is 10.2 Å². The van der Waals surface area contributed by atoms with E-state index in [0.29, 0.717) is 6.42 Å². The highest BCUT2D eigenvalue weighted by Crippen LogP contribution is 2.23. The fourth-order valence-electron chi connectivity index (χ4n) is 2.78. The molecule has 1 N–H and O–H groups in total. The van der Waals surface area contributed by atoms with E-state index in [4.69, 9.17) is 0 Å². The molecule has 122 valence electrons. The van der Waals surface area contributed by atoms with Crippen LogP contribution in [0, 0.1) is 12.7 Å². The molecule has 4 nitrogen and oxygen atoms in total. The lowest BCUT2D eigenvalue weighted by atomic mass is 10.1. The SMILES string of the molecule is Cc1nc(Cc2ccc(F)cc2)sc1C(=O)N1CCNCC1C. The molecule has 6 heteroatoms. The second kappa shape index (κ2) is 6.76. The summed E-state index contributed by atoms with van der Waals surface area (Å²) in [6, 6.07) is 6.60. The lowest BCUT2D eigenvalue weighted by molar-refractivity contribution is 0.0660. The van der Waals surface area contributed by atoms with Gasteiger partial charge in [0.1, 0.15) is 10.7 Å². The number of aromatic nitrogens is 1. The summed E-state index contributed by atoms with van der Waals surface area (Å²) in [6.45, 7) is 6.32. The highest BCUT2D eigenvalue weighted by Gasteiger charge is 2.27. The normalized spacial score (nSPS) is 18.2. The predicted octanol–water partition coefficient (Wildman–Crippen LogP) is 2.62. The van der Waals surface area contributed by atoms with Crippen LogP contribution in [0.1, 0.15) is 32.9 Å². The fourth-order valence-corrected chi connectivity index (χ4v) is 3.83. The Hall–Kier alpha value is -1.79. The summed E-state index contributed by atoms with van der Waals surface area (Å²) < 4.78 is 13.0. The van der Waals surface area contributed by atoms with Gasteiger partial charge in [0.25, 0.3) is 5.91 Å². The van der Waals surface area contributed by atoms with E-state index in [9.17, 15) is 9.18 Å². The number of hydrogen-bond acceptors (Lipinski definition) is 4. The third kappa shape index (κ3) is 3.59. The number of nitrogens with zero attached hydrogens (tertiary/aromatic N) is 2. The molecule has 0 aliphatic carbocycles. The van der Waals surface area contributed by atoms with Gasteiger partial charge in [-0.15, -0.1) is 11.3 Å². The molecular formula is C17H20FN3OS. The number of benzene rings is 1. The van der Waals surface area contributed by atoms with Gasteiger partial charge in [0.15, 0.2) is 0 Å². The number of nitrogens with one attached hydrogen (secondary N) is 1. The van der Waals surface area contributed by atoms with Gasteiger partial charge in [-0.25, -0.2) is 9.37 Å². The molecular weight excluding hydrogens is 313 g/mol. The highest BCUT2D eigenvalue weighted by atomic mass is 32.1. The van der Waals surface area contributed by atoms with Crippen molar-refractivity contribution < 1.29 is 9.18 Å². The van der Waals surface area contributed by atoms with Crippen molar-refractivity contribution in [2.45, 2.75) is 26.3 Å². The third-order valence-corrected chi connectivity index (χ3v) is 5.21. The van der Waals surface area contributed by atoms with Crippen molar-refractivity contribution >= 4 is 17.2 Å². The van der Waals surface area contributed by atoms with Crippen molar-refractivity contribution in [2.75, 3.05) is 19.6 Å². The van der Waals surface area contributed by atoms with Crippen LogP contribution < -0.4 is 5.32 Å². The van der Waals surface area contributed by atoms with Crippen molar-refractivity contribution in [3.05, 3.63) is 51.2 Å². The molecule has 1 unspecified atom stereocenters. The lowest BCUT2D eigenvalue weighted by Crippen LogP contribution is -2.52. The number of aryl methyl sites for hydroxylation is 1. The first kappa shape index (κ1) is 16.1. The van der Waals surface area contributed by atoms with Gasteiger partial charge in [0, 0.05) is 32.1 Å². The largest absolute Gasteiger partial charge is 0.333 e. The minimum Gasteiger partial charge on any atom is -0.333 e. The highest BCUT2D eigenvalue weighted by molar-refractivity contribution is 7.13. The summed E-state index contributed by atoms with van der Waals surface area (Å²) in [4.78, 5) is 19.9. The van der Waals surface area contributed by atoms with Crippen LogP contribution >= 0.6 is 11.3 Å². The molecule has 1 aromatic heterocycles. The fraction of sp³-hybridized carbons (Fsp3) is 0.412. The second-order valence-electron chi connectivity index (χ2n) is 5.88. The minimum absolute atomic E-state index is 0.0688. The number of thiazole rings is 1. The number of carbonyl (C=O) groups is 1. The first-order valence-electron chi connectivity index (χ1n) is 7.77. The Morgan fingerprint density at radius 1 is 1.43 bits per heavy atom. The number of amides is 1. The van der Waals surface area contributed by atoms with Gasteiger partial charge in [0.05, 0.1) is 10.7 Å². The van der Waals surface area contributed by atoms with E-state index >= 15 is 0 Å². The van der Waals surface area contributed by atoms with Crippen LogP contribution in [0.3, 0.4) is 0 Å². The van der Waals surface area contributed by atoms with E-state index in [1.54, 1.807) is 12.1 Å². The average molecular weight is 333 g/mol. The maximum Gasteiger partial charge on any atom is 0.266 e. The zero-order valence-electron chi connectivity index (χ0n) is 13.3. The van der Waals surface area contributed by atoms with Crippen LogP contribution in [-0.2, 0) is 6.42 Å². The predicted molar refractivity (Wildman–Crippen MR) is 89.4 cm³/mol. The molecule has 1 aliphatic rings. The van der Waals surface area contributed by atoms with E-state index in [-0.39, 0.29) is 17.8 Å². The maximum atomic E-state index is 13.0. The Balaban J connectivity index is 1.77. The lowest BCUT2D eigenvalue weighted by Gasteiger charge is -2.33. The Labute approximate surface area is 139 Å². The van der Waals surface area contributed by atoms with Gasteiger partial charge in [-0.05, 0) is 31.5 Å². The molecule has 2 aromatic rings. The molecule has 0 saturated carbocycles. The van der Waals surface area contributed by atoms with Crippen molar-refractivity contribution in [1.82, 2.24) is 15.2 Å². The number of hydrogen-bond donors (Lipinski definition) is 1. The summed E-state index contributed by atoms with van der Waals surface area (Å²) in [5, 5.41) is 4.18. The third-order valence-electron chi connectivity index (χ3n) is 4.07. The number of piperazine rings is 1.